The number of ether oxygens (including phenoxy) is 1. The Morgan fingerprint density at radius 1 is 1.06 bits per heavy atom. The lowest BCUT2D eigenvalue weighted by molar-refractivity contribution is -0.00923. The molecule has 0 unspecified atom stereocenters. The van der Waals surface area contributed by atoms with Crippen molar-refractivity contribution >= 4 is 27.7 Å². The first-order valence-electron chi connectivity index (χ1n) is 10.2. The highest BCUT2D eigenvalue weighted by Crippen LogP contribution is 2.16. The van der Waals surface area contributed by atoms with E-state index in [4.69, 9.17) is 4.74 Å². The predicted octanol–water partition coefficient (Wildman–Crippen LogP) is 2.94. The highest BCUT2D eigenvalue weighted by Gasteiger charge is 2.28. The average Bonchev–Trinajstić information content (AvgIpc) is 2.78. The molecule has 1 amide bonds. The molecule has 2 N–H and O–H groups in total. The number of rotatable bonds is 8. The van der Waals surface area contributed by atoms with Crippen LogP contribution in [0.1, 0.15) is 29.8 Å². The van der Waals surface area contributed by atoms with Gasteiger partial charge in [-0.05, 0) is 49.8 Å². The van der Waals surface area contributed by atoms with E-state index in [1.807, 2.05) is 30.3 Å². The van der Waals surface area contributed by atoms with Crippen LogP contribution in [0, 0.1) is 0 Å². The lowest BCUT2D eigenvalue weighted by Crippen LogP contribution is -2.55. The predicted molar refractivity (Wildman–Crippen MR) is 123 cm³/mol. The van der Waals surface area contributed by atoms with E-state index in [0.29, 0.717) is 31.0 Å². The van der Waals surface area contributed by atoms with Gasteiger partial charge in [-0.2, -0.15) is 0 Å². The van der Waals surface area contributed by atoms with E-state index in [1.54, 1.807) is 24.3 Å². The van der Waals surface area contributed by atoms with Crippen molar-refractivity contribution in [3.63, 3.8) is 0 Å². The smallest absolute Gasteiger partial charge is 0.255 e. The number of nitrogens with zero attached hydrogens (tertiary/aromatic N) is 1. The van der Waals surface area contributed by atoms with Crippen LogP contribution in [0.5, 0.6) is 0 Å². The molecule has 0 bridgehead atoms. The van der Waals surface area contributed by atoms with Crippen molar-refractivity contribution in [2.75, 3.05) is 37.6 Å². The monoisotopic (exact) mass is 443 g/mol. The normalized spacial score (nSPS) is 15.7. The third kappa shape index (κ3) is 6.92. The van der Waals surface area contributed by atoms with E-state index in [9.17, 15) is 13.2 Å². The zero-order valence-electron chi connectivity index (χ0n) is 17.9. The third-order valence-electron chi connectivity index (χ3n) is 5.20. The molecular weight excluding hydrogens is 414 g/mol. The average molecular weight is 444 g/mol. The minimum absolute atomic E-state index is 0.180. The lowest BCUT2D eigenvalue weighted by atomic mass is 10.0. The minimum Gasteiger partial charge on any atom is -0.379 e. The fourth-order valence-electron chi connectivity index (χ4n) is 3.30. The van der Waals surface area contributed by atoms with E-state index in [2.05, 4.69) is 28.8 Å². The summed E-state index contributed by atoms with van der Waals surface area (Å²) in [5, 5.41) is 4.09. The van der Waals surface area contributed by atoms with Crippen LogP contribution in [-0.4, -0.2) is 57.6 Å². The molecule has 8 heteroatoms. The number of carbonyl (C=O) groups is 1. The molecule has 0 radical (unpaired) electrons. The van der Waals surface area contributed by atoms with Gasteiger partial charge in [0.2, 0.25) is 0 Å². The van der Waals surface area contributed by atoms with Gasteiger partial charge < -0.3 is 10.1 Å². The summed E-state index contributed by atoms with van der Waals surface area (Å²) in [6.07, 6.45) is 1.53. The summed E-state index contributed by atoms with van der Waals surface area (Å²) in [5.74, 6) is -0.195. The van der Waals surface area contributed by atoms with Gasteiger partial charge in [0.1, 0.15) is 0 Å². The first-order chi connectivity index (χ1) is 14.8. The molecule has 1 fully saturated rings. The Bertz CT molecular complexity index is 997. The Balaban J connectivity index is 1.55. The second kappa shape index (κ2) is 10.1. The largest absolute Gasteiger partial charge is 0.379 e. The van der Waals surface area contributed by atoms with Crippen molar-refractivity contribution in [3.05, 3.63) is 71.1 Å². The van der Waals surface area contributed by atoms with E-state index >= 15 is 0 Å². The molecule has 1 heterocycles. The Hall–Kier alpha value is -2.68. The van der Waals surface area contributed by atoms with Crippen LogP contribution in [0.2, 0.25) is 0 Å². The van der Waals surface area contributed by atoms with Crippen molar-refractivity contribution < 1.29 is 17.9 Å². The third-order valence-corrected chi connectivity index (χ3v) is 6.21. The lowest BCUT2D eigenvalue weighted by Gasteiger charge is -2.40. The Morgan fingerprint density at radius 2 is 1.71 bits per heavy atom. The van der Waals surface area contributed by atoms with Gasteiger partial charge in [-0.1, -0.05) is 30.3 Å². The van der Waals surface area contributed by atoms with Gasteiger partial charge in [0.25, 0.3) is 15.9 Å². The van der Waals surface area contributed by atoms with Crippen LogP contribution in [0.25, 0.3) is 6.08 Å². The van der Waals surface area contributed by atoms with Gasteiger partial charge >= 0.3 is 0 Å². The number of sulfonamides is 1. The standard InChI is InChI=1S/C23H29N3O4S/c1-23(2,26-13-15-30-16-14-26)18-24-22(27)20-8-10-21(11-9-20)25-31(28,29)17-12-19-6-4-3-5-7-19/h3-12,17,25H,13-16,18H2,1-2H3,(H,24,27)/b17-12+. The maximum Gasteiger partial charge on any atom is 0.255 e. The molecule has 0 aromatic heterocycles. The molecule has 1 aliphatic rings. The van der Waals surface area contributed by atoms with Crippen molar-refractivity contribution in [1.82, 2.24) is 10.2 Å². The molecule has 7 nitrogen and oxygen atoms in total. The van der Waals surface area contributed by atoms with Gasteiger partial charge in [0, 0.05) is 36.4 Å². The van der Waals surface area contributed by atoms with Crippen molar-refractivity contribution in [2.45, 2.75) is 19.4 Å². The molecule has 1 saturated heterocycles. The number of benzene rings is 2. The summed E-state index contributed by atoms with van der Waals surface area (Å²) in [7, 11) is -3.65. The van der Waals surface area contributed by atoms with Gasteiger partial charge in [-0.15, -0.1) is 0 Å². The van der Waals surface area contributed by atoms with Gasteiger partial charge in [0.15, 0.2) is 0 Å². The molecule has 2 aromatic carbocycles. The molecule has 0 atom stereocenters. The van der Waals surface area contributed by atoms with Crippen LogP contribution >= 0.6 is 0 Å². The van der Waals surface area contributed by atoms with E-state index in [-0.39, 0.29) is 11.4 Å². The van der Waals surface area contributed by atoms with Crippen LogP contribution in [0.4, 0.5) is 5.69 Å². The molecule has 31 heavy (non-hydrogen) atoms. The highest BCUT2D eigenvalue weighted by atomic mass is 32.2. The molecular formula is C23H29N3O4S. The summed E-state index contributed by atoms with van der Waals surface area (Å²) in [5.41, 5.74) is 1.48. The quantitative estimate of drug-likeness (QED) is 0.655. The maximum atomic E-state index is 12.5. The van der Waals surface area contributed by atoms with Crippen molar-refractivity contribution in [1.29, 1.82) is 0 Å². The second-order valence-corrected chi connectivity index (χ2v) is 9.60. The number of anilines is 1. The molecule has 3 rings (SSSR count). The first kappa shape index (κ1) is 23.0. The van der Waals surface area contributed by atoms with Crippen molar-refractivity contribution in [3.8, 4) is 0 Å². The van der Waals surface area contributed by atoms with E-state index < -0.39 is 10.0 Å². The summed E-state index contributed by atoms with van der Waals surface area (Å²) < 4.78 is 32.4. The number of hydrogen-bond donors (Lipinski definition) is 2. The van der Waals surface area contributed by atoms with Gasteiger partial charge in [0.05, 0.1) is 18.6 Å². The second-order valence-electron chi connectivity index (χ2n) is 8.03. The van der Waals surface area contributed by atoms with Crippen LogP contribution in [0.3, 0.4) is 0 Å². The van der Waals surface area contributed by atoms with Crippen LogP contribution < -0.4 is 10.0 Å². The maximum absolute atomic E-state index is 12.5. The molecule has 166 valence electrons. The van der Waals surface area contributed by atoms with Crippen molar-refractivity contribution in [2.24, 2.45) is 0 Å². The van der Waals surface area contributed by atoms with Gasteiger partial charge in [-0.3, -0.25) is 14.4 Å². The number of hydrogen-bond acceptors (Lipinski definition) is 5. The number of carbonyl (C=O) groups excluding carboxylic acids is 1. The van der Waals surface area contributed by atoms with Crippen LogP contribution in [-0.2, 0) is 14.8 Å². The van der Waals surface area contributed by atoms with E-state index in [0.717, 1.165) is 24.1 Å². The first-order valence-corrected chi connectivity index (χ1v) is 11.8. The number of morpholine rings is 1. The van der Waals surface area contributed by atoms with E-state index in [1.165, 1.54) is 6.08 Å². The molecule has 1 aliphatic heterocycles. The summed E-state index contributed by atoms with van der Waals surface area (Å²) in [4.78, 5) is 14.8. The summed E-state index contributed by atoms with van der Waals surface area (Å²) in [6, 6.07) is 15.6. The fraction of sp³-hybridized carbons (Fsp3) is 0.348. The summed E-state index contributed by atoms with van der Waals surface area (Å²) in [6.45, 7) is 7.79. The summed E-state index contributed by atoms with van der Waals surface area (Å²) >= 11 is 0. The SMILES string of the molecule is CC(C)(CNC(=O)c1ccc(NS(=O)(=O)/C=C/c2ccccc2)cc1)N1CCOCC1. The highest BCUT2D eigenvalue weighted by molar-refractivity contribution is 7.95. The fourth-order valence-corrected chi connectivity index (χ4v) is 4.17. The zero-order chi connectivity index (χ0) is 22.3. The number of amides is 1. The van der Waals surface area contributed by atoms with Crippen LogP contribution in [0.15, 0.2) is 60.0 Å². The molecule has 2 aromatic rings. The topological polar surface area (TPSA) is 87.7 Å². The van der Waals surface area contributed by atoms with Gasteiger partial charge in [-0.25, -0.2) is 8.42 Å². The number of nitrogens with one attached hydrogen (secondary N) is 2. The molecule has 0 spiro atoms. The Kier molecular flexibility index (Phi) is 7.48. The Morgan fingerprint density at radius 3 is 2.35 bits per heavy atom. The molecule has 0 saturated carbocycles. The Labute approximate surface area is 184 Å². The minimum atomic E-state index is -3.65. The zero-order valence-corrected chi connectivity index (χ0v) is 18.7. The molecule has 0 aliphatic carbocycles.